The number of amides is 2. The first kappa shape index (κ1) is 23.1. The Kier molecular flexibility index (Phi) is 6.88. The molecule has 4 rings (SSSR count). The molecule has 8 heteroatoms. The number of methoxy groups -OCH3 is 1. The third-order valence-corrected chi connectivity index (χ3v) is 5.93. The Morgan fingerprint density at radius 3 is 2.39 bits per heavy atom. The van der Waals surface area contributed by atoms with Gasteiger partial charge in [-0.2, -0.15) is 0 Å². The van der Waals surface area contributed by atoms with Crippen LogP contribution in [0, 0.1) is 0 Å². The van der Waals surface area contributed by atoms with Gasteiger partial charge in [0.25, 0.3) is 11.8 Å². The second-order valence-corrected chi connectivity index (χ2v) is 8.72. The summed E-state index contributed by atoms with van der Waals surface area (Å²) in [6.07, 6.45) is 0. The number of anilines is 2. The number of likely N-dealkylation sites (N-methyl/N-ethyl adjacent to an activating group) is 1. The number of halogens is 2. The number of hydrogen-bond donors (Lipinski definition) is 1. The maximum absolute atomic E-state index is 13.5. The lowest BCUT2D eigenvalue weighted by Crippen LogP contribution is -2.35. The van der Waals surface area contributed by atoms with Crippen molar-refractivity contribution >= 4 is 46.4 Å². The van der Waals surface area contributed by atoms with E-state index in [1.165, 1.54) is 19.2 Å². The van der Waals surface area contributed by atoms with Crippen molar-refractivity contribution in [3.8, 4) is 5.75 Å². The minimum Gasteiger partial charge on any atom is -0.495 e. The van der Waals surface area contributed by atoms with Gasteiger partial charge in [-0.05, 0) is 55.1 Å². The largest absolute Gasteiger partial charge is 0.495 e. The van der Waals surface area contributed by atoms with Gasteiger partial charge < -0.3 is 19.9 Å². The average molecular weight is 484 g/mol. The van der Waals surface area contributed by atoms with E-state index in [1.807, 2.05) is 31.3 Å². The van der Waals surface area contributed by atoms with Crippen molar-refractivity contribution in [2.24, 2.45) is 0 Å². The monoisotopic (exact) mass is 483 g/mol. The van der Waals surface area contributed by atoms with Crippen LogP contribution in [0.5, 0.6) is 5.75 Å². The highest BCUT2D eigenvalue weighted by Gasteiger charge is 2.24. The molecular formula is C25H23Cl2N3O3. The lowest BCUT2D eigenvalue weighted by molar-refractivity contribution is 0.0984. The molecule has 1 N–H and O–H groups in total. The molecular weight excluding hydrogens is 461 g/mol. The average Bonchev–Trinajstić information content (AvgIpc) is 2.96. The number of para-hydroxylation sites is 1. The van der Waals surface area contributed by atoms with E-state index in [0.29, 0.717) is 39.2 Å². The summed E-state index contributed by atoms with van der Waals surface area (Å²) in [5.41, 5.74) is 3.23. The van der Waals surface area contributed by atoms with E-state index in [-0.39, 0.29) is 11.8 Å². The van der Waals surface area contributed by atoms with Crippen molar-refractivity contribution in [3.63, 3.8) is 0 Å². The standard InChI is InChI=1S/C25H23Cl2N3O3/c1-29-9-10-30(22-6-4-3-5-17(22)15-29)25(32)16-7-8-21(23(13-16)33-2)28-24(31)18-11-19(26)14-20(27)12-18/h3-8,11-14H,9-10,15H2,1-2H3,(H,28,31). The van der Waals surface area contributed by atoms with Gasteiger partial charge in [0, 0.05) is 46.5 Å². The number of carbonyl (C=O) groups is 2. The van der Waals surface area contributed by atoms with Gasteiger partial charge in [-0.15, -0.1) is 0 Å². The molecule has 2 amide bonds. The van der Waals surface area contributed by atoms with Gasteiger partial charge in [0.2, 0.25) is 0 Å². The van der Waals surface area contributed by atoms with Crippen molar-refractivity contribution < 1.29 is 14.3 Å². The van der Waals surface area contributed by atoms with Crippen LogP contribution in [0.25, 0.3) is 0 Å². The topological polar surface area (TPSA) is 61.9 Å². The third kappa shape index (κ3) is 5.14. The fraction of sp³-hybridized carbons (Fsp3) is 0.200. The van der Waals surface area contributed by atoms with Gasteiger partial charge >= 0.3 is 0 Å². The Labute approximate surface area is 202 Å². The van der Waals surface area contributed by atoms with Crippen LogP contribution in [0.2, 0.25) is 10.0 Å². The van der Waals surface area contributed by atoms with E-state index in [4.69, 9.17) is 27.9 Å². The van der Waals surface area contributed by atoms with Crippen molar-refractivity contribution in [1.29, 1.82) is 0 Å². The van der Waals surface area contributed by atoms with E-state index < -0.39 is 0 Å². The number of nitrogens with one attached hydrogen (secondary N) is 1. The molecule has 1 aliphatic heterocycles. The lowest BCUT2D eigenvalue weighted by Gasteiger charge is -2.23. The van der Waals surface area contributed by atoms with Gasteiger partial charge in [-0.3, -0.25) is 9.59 Å². The molecule has 0 spiro atoms. The molecule has 0 saturated heterocycles. The fourth-order valence-corrected chi connectivity index (χ4v) is 4.37. The van der Waals surface area contributed by atoms with Gasteiger partial charge in [0.1, 0.15) is 5.75 Å². The summed E-state index contributed by atoms with van der Waals surface area (Å²) in [6.45, 7) is 2.11. The van der Waals surface area contributed by atoms with Crippen LogP contribution in [0.3, 0.4) is 0 Å². The SMILES string of the molecule is COc1cc(C(=O)N2CCN(C)Cc3ccccc32)ccc1NC(=O)c1cc(Cl)cc(Cl)c1. The molecule has 0 aromatic heterocycles. The maximum Gasteiger partial charge on any atom is 0.258 e. The number of hydrogen-bond acceptors (Lipinski definition) is 4. The molecule has 0 atom stereocenters. The van der Waals surface area contributed by atoms with Gasteiger partial charge in [0.15, 0.2) is 0 Å². The molecule has 0 fully saturated rings. The van der Waals surface area contributed by atoms with E-state index in [1.54, 1.807) is 29.2 Å². The van der Waals surface area contributed by atoms with Crippen LogP contribution >= 0.6 is 23.2 Å². The number of carbonyl (C=O) groups excluding carboxylic acids is 2. The summed E-state index contributed by atoms with van der Waals surface area (Å²) >= 11 is 12.0. The molecule has 0 saturated carbocycles. The summed E-state index contributed by atoms with van der Waals surface area (Å²) < 4.78 is 5.47. The van der Waals surface area contributed by atoms with Crippen LogP contribution in [-0.4, -0.2) is 44.0 Å². The minimum atomic E-state index is -0.388. The Morgan fingerprint density at radius 1 is 0.939 bits per heavy atom. The molecule has 6 nitrogen and oxygen atoms in total. The van der Waals surface area contributed by atoms with E-state index in [0.717, 1.165) is 24.3 Å². The highest BCUT2D eigenvalue weighted by Crippen LogP contribution is 2.30. The summed E-state index contributed by atoms with van der Waals surface area (Å²) in [4.78, 5) is 30.1. The second-order valence-electron chi connectivity index (χ2n) is 7.85. The summed E-state index contributed by atoms with van der Waals surface area (Å²) in [5.74, 6) is -0.139. The van der Waals surface area contributed by atoms with Crippen molar-refractivity contribution in [1.82, 2.24) is 4.90 Å². The highest BCUT2D eigenvalue weighted by molar-refractivity contribution is 6.35. The van der Waals surface area contributed by atoms with Crippen LogP contribution in [0.1, 0.15) is 26.3 Å². The number of rotatable bonds is 4. The zero-order valence-corrected chi connectivity index (χ0v) is 19.8. The molecule has 0 radical (unpaired) electrons. The van der Waals surface area contributed by atoms with Gasteiger partial charge in [-0.1, -0.05) is 41.4 Å². The zero-order chi connectivity index (χ0) is 23.5. The predicted molar refractivity (Wildman–Crippen MR) is 132 cm³/mol. The molecule has 1 aliphatic rings. The molecule has 0 bridgehead atoms. The normalized spacial score (nSPS) is 13.8. The van der Waals surface area contributed by atoms with Gasteiger partial charge in [0.05, 0.1) is 12.8 Å². The van der Waals surface area contributed by atoms with Crippen molar-refractivity contribution in [3.05, 3.63) is 87.4 Å². The molecule has 33 heavy (non-hydrogen) atoms. The predicted octanol–water partition coefficient (Wildman–Crippen LogP) is 5.35. The highest BCUT2D eigenvalue weighted by atomic mass is 35.5. The first-order chi connectivity index (χ1) is 15.9. The van der Waals surface area contributed by atoms with Crippen molar-refractivity contribution in [2.45, 2.75) is 6.54 Å². The first-order valence-corrected chi connectivity index (χ1v) is 11.1. The van der Waals surface area contributed by atoms with E-state index in [2.05, 4.69) is 10.2 Å². The van der Waals surface area contributed by atoms with Crippen LogP contribution in [-0.2, 0) is 6.54 Å². The van der Waals surface area contributed by atoms with E-state index >= 15 is 0 Å². The minimum absolute atomic E-state index is 0.129. The fourth-order valence-electron chi connectivity index (χ4n) is 3.84. The molecule has 0 unspecified atom stereocenters. The third-order valence-electron chi connectivity index (χ3n) is 5.49. The molecule has 1 heterocycles. The Balaban J connectivity index is 1.60. The second kappa shape index (κ2) is 9.83. The van der Waals surface area contributed by atoms with Crippen molar-refractivity contribution in [2.75, 3.05) is 37.5 Å². The summed E-state index contributed by atoms with van der Waals surface area (Å²) in [6, 6.07) is 17.5. The number of ether oxygens (including phenoxy) is 1. The van der Waals surface area contributed by atoms with E-state index in [9.17, 15) is 9.59 Å². The number of benzene rings is 3. The Hall–Kier alpha value is -3.06. The van der Waals surface area contributed by atoms with Crippen LogP contribution in [0.15, 0.2) is 60.7 Å². The Bertz CT molecular complexity index is 1200. The number of nitrogens with zero attached hydrogens (tertiary/aromatic N) is 2. The van der Waals surface area contributed by atoms with Crippen LogP contribution < -0.4 is 15.0 Å². The molecule has 3 aromatic carbocycles. The molecule has 0 aliphatic carbocycles. The maximum atomic E-state index is 13.5. The van der Waals surface area contributed by atoms with Crippen LogP contribution in [0.4, 0.5) is 11.4 Å². The quantitative estimate of drug-likeness (QED) is 0.543. The smallest absolute Gasteiger partial charge is 0.258 e. The molecule has 3 aromatic rings. The number of fused-ring (bicyclic) bond motifs is 1. The molecule has 170 valence electrons. The summed E-state index contributed by atoms with van der Waals surface area (Å²) in [7, 11) is 3.53. The zero-order valence-electron chi connectivity index (χ0n) is 18.3. The summed E-state index contributed by atoms with van der Waals surface area (Å²) in [5, 5.41) is 3.53. The van der Waals surface area contributed by atoms with Gasteiger partial charge in [-0.25, -0.2) is 0 Å². The first-order valence-electron chi connectivity index (χ1n) is 10.4. The lowest BCUT2D eigenvalue weighted by atomic mass is 10.1. The Morgan fingerprint density at radius 2 is 1.67 bits per heavy atom.